The molecule has 0 aliphatic carbocycles. The van der Waals surface area contributed by atoms with Crippen LogP contribution < -0.4 is 14.4 Å². The van der Waals surface area contributed by atoms with Gasteiger partial charge in [-0.3, -0.25) is 9.69 Å². The van der Waals surface area contributed by atoms with Crippen LogP contribution in [0.15, 0.2) is 91.0 Å². The Morgan fingerprint density at radius 3 is 2.35 bits per heavy atom. The molecule has 48 heavy (non-hydrogen) atoms. The summed E-state index contributed by atoms with van der Waals surface area (Å²) in [7, 11) is 1.64. The van der Waals surface area contributed by atoms with Crippen molar-refractivity contribution in [3.05, 3.63) is 102 Å². The molecular weight excluding hydrogens is 612 g/mol. The Kier molecular flexibility index (Phi) is 11.2. The SMILES string of the molecule is COc1ccccc1COCCCOc1ccc(N2C(=O)CN(C(=O)OC(C)(C)C)C[C@@H]2COC(=O)c2ccc3ccccc3c2)cc1. The number of para-hydroxylation sites is 1. The number of carbonyl (C=O) groups is 3. The zero-order valence-electron chi connectivity index (χ0n) is 27.8. The predicted molar refractivity (Wildman–Crippen MR) is 183 cm³/mol. The molecule has 4 aromatic rings. The summed E-state index contributed by atoms with van der Waals surface area (Å²) in [5.74, 6) is 0.601. The summed E-state index contributed by atoms with van der Waals surface area (Å²) in [6, 6.07) is 27.3. The van der Waals surface area contributed by atoms with E-state index in [-0.39, 0.29) is 25.6 Å². The Hall–Kier alpha value is -5.09. The van der Waals surface area contributed by atoms with Crippen molar-refractivity contribution in [2.45, 2.75) is 45.4 Å². The molecule has 1 aliphatic heterocycles. The van der Waals surface area contributed by atoms with Gasteiger partial charge in [-0.15, -0.1) is 0 Å². The lowest BCUT2D eigenvalue weighted by atomic mass is 10.1. The molecule has 4 aromatic carbocycles. The molecule has 1 saturated heterocycles. The van der Waals surface area contributed by atoms with Crippen LogP contribution in [0.2, 0.25) is 0 Å². The van der Waals surface area contributed by atoms with Gasteiger partial charge < -0.3 is 28.6 Å². The van der Waals surface area contributed by atoms with Gasteiger partial charge >= 0.3 is 12.1 Å². The number of esters is 1. The standard InChI is InChI=1S/C38H42N2O8/c1-38(2,3)48-37(43)39-23-32(26-47-36(42)29-15-14-27-10-5-6-11-28(27)22-29)40(35(41)24-39)31-16-18-33(19-17-31)46-21-9-20-45-25-30-12-7-8-13-34(30)44-4/h5-8,10-19,22,32H,9,20-21,23-26H2,1-4H3/t32-/m1/s1. The second kappa shape index (κ2) is 15.7. The number of rotatable bonds is 12. The van der Waals surface area contributed by atoms with E-state index >= 15 is 0 Å². The van der Waals surface area contributed by atoms with Crippen molar-refractivity contribution in [1.29, 1.82) is 0 Å². The summed E-state index contributed by atoms with van der Waals surface area (Å²) in [6.07, 6.45) is 0.0872. The van der Waals surface area contributed by atoms with Crippen molar-refractivity contribution in [2.24, 2.45) is 0 Å². The maximum absolute atomic E-state index is 13.5. The Morgan fingerprint density at radius 2 is 1.60 bits per heavy atom. The van der Waals surface area contributed by atoms with Gasteiger partial charge in [0.1, 0.15) is 30.3 Å². The largest absolute Gasteiger partial charge is 0.496 e. The summed E-state index contributed by atoms with van der Waals surface area (Å²) in [5.41, 5.74) is 1.26. The number of anilines is 1. The fraction of sp³-hybridized carbons (Fsp3) is 0.342. The predicted octanol–water partition coefficient (Wildman–Crippen LogP) is 6.64. The Bertz CT molecular complexity index is 1720. The lowest BCUT2D eigenvalue weighted by Gasteiger charge is -2.41. The number of benzene rings is 4. The molecule has 1 aliphatic rings. The first kappa shape index (κ1) is 34.3. The molecule has 0 spiro atoms. The van der Waals surface area contributed by atoms with Crippen molar-refractivity contribution in [3.63, 3.8) is 0 Å². The summed E-state index contributed by atoms with van der Waals surface area (Å²) in [5, 5.41) is 1.93. The highest BCUT2D eigenvalue weighted by Crippen LogP contribution is 2.26. The van der Waals surface area contributed by atoms with Crippen LogP contribution in [0.3, 0.4) is 0 Å². The number of hydrogen-bond acceptors (Lipinski definition) is 8. The zero-order valence-corrected chi connectivity index (χ0v) is 27.8. The third-order valence-corrected chi connectivity index (χ3v) is 7.70. The zero-order chi connectivity index (χ0) is 34.1. The molecule has 0 radical (unpaired) electrons. The fourth-order valence-electron chi connectivity index (χ4n) is 5.42. The molecule has 5 rings (SSSR count). The molecule has 1 fully saturated rings. The van der Waals surface area contributed by atoms with Crippen LogP contribution in [0.25, 0.3) is 10.8 Å². The average Bonchev–Trinajstić information content (AvgIpc) is 3.08. The first-order valence-corrected chi connectivity index (χ1v) is 16.0. The third-order valence-electron chi connectivity index (χ3n) is 7.70. The van der Waals surface area contributed by atoms with Crippen molar-refractivity contribution in [2.75, 3.05) is 44.9 Å². The molecule has 2 amide bonds. The van der Waals surface area contributed by atoms with Gasteiger partial charge in [-0.05, 0) is 74.0 Å². The number of ether oxygens (including phenoxy) is 5. The second-order valence-corrected chi connectivity index (χ2v) is 12.5. The smallest absolute Gasteiger partial charge is 0.410 e. The van der Waals surface area contributed by atoms with E-state index < -0.39 is 23.7 Å². The number of carbonyl (C=O) groups excluding carboxylic acids is 3. The molecule has 0 unspecified atom stereocenters. The highest BCUT2D eigenvalue weighted by Gasteiger charge is 2.38. The average molecular weight is 655 g/mol. The summed E-state index contributed by atoms with van der Waals surface area (Å²) >= 11 is 0. The Balaban J connectivity index is 1.21. The molecular formula is C38H42N2O8. The quantitative estimate of drug-likeness (QED) is 0.124. The molecule has 1 atom stereocenters. The maximum Gasteiger partial charge on any atom is 0.410 e. The number of fused-ring (bicyclic) bond motifs is 1. The fourth-order valence-corrected chi connectivity index (χ4v) is 5.42. The molecule has 10 heteroatoms. The summed E-state index contributed by atoms with van der Waals surface area (Å²) in [6.45, 7) is 6.56. The van der Waals surface area contributed by atoms with E-state index in [1.165, 1.54) is 4.90 Å². The number of piperazine rings is 1. The number of hydrogen-bond donors (Lipinski definition) is 0. The highest BCUT2D eigenvalue weighted by atomic mass is 16.6. The van der Waals surface area contributed by atoms with Crippen LogP contribution >= 0.6 is 0 Å². The monoisotopic (exact) mass is 654 g/mol. The van der Waals surface area contributed by atoms with Crippen LogP contribution in [-0.2, 0) is 25.6 Å². The Labute approximate surface area is 281 Å². The molecule has 0 saturated carbocycles. The van der Waals surface area contributed by atoms with Crippen LogP contribution in [0.5, 0.6) is 11.5 Å². The minimum absolute atomic E-state index is 0.121. The normalized spacial score (nSPS) is 14.9. The number of methoxy groups -OCH3 is 1. The first-order chi connectivity index (χ1) is 23.1. The summed E-state index contributed by atoms with van der Waals surface area (Å²) < 4.78 is 28.3. The lowest BCUT2D eigenvalue weighted by molar-refractivity contribution is -0.122. The van der Waals surface area contributed by atoms with Crippen LogP contribution in [0.1, 0.15) is 43.1 Å². The van der Waals surface area contributed by atoms with Crippen LogP contribution in [-0.4, -0.2) is 74.5 Å². The topological polar surface area (TPSA) is 104 Å². The van der Waals surface area contributed by atoms with Gasteiger partial charge in [0.05, 0.1) is 38.5 Å². The minimum Gasteiger partial charge on any atom is -0.496 e. The molecule has 0 N–H and O–H groups in total. The molecule has 0 bridgehead atoms. The van der Waals surface area contributed by atoms with Crippen LogP contribution in [0.4, 0.5) is 10.5 Å². The molecule has 10 nitrogen and oxygen atoms in total. The van der Waals surface area contributed by atoms with E-state index in [9.17, 15) is 14.4 Å². The van der Waals surface area contributed by atoms with Gasteiger partial charge in [-0.2, -0.15) is 0 Å². The number of amides is 2. The first-order valence-electron chi connectivity index (χ1n) is 16.0. The van der Waals surface area contributed by atoms with Gasteiger partial charge in [-0.25, -0.2) is 9.59 Å². The molecule has 1 heterocycles. The number of nitrogens with zero attached hydrogens (tertiary/aromatic N) is 2. The summed E-state index contributed by atoms with van der Waals surface area (Å²) in [4.78, 5) is 42.5. The van der Waals surface area contributed by atoms with Gasteiger partial charge in [0.15, 0.2) is 0 Å². The van der Waals surface area contributed by atoms with Crippen molar-refractivity contribution >= 4 is 34.4 Å². The van der Waals surface area contributed by atoms with Gasteiger partial charge in [0, 0.05) is 24.2 Å². The molecule has 252 valence electrons. The van der Waals surface area contributed by atoms with E-state index in [1.807, 2.05) is 54.6 Å². The Morgan fingerprint density at radius 1 is 0.875 bits per heavy atom. The van der Waals surface area contributed by atoms with E-state index in [4.69, 9.17) is 23.7 Å². The van der Waals surface area contributed by atoms with Gasteiger partial charge in [0.2, 0.25) is 5.91 Å². The second-order valence-electron chi connectivity index (χ2n) is 12.5. The van der Waals surface area contributed by atoms with Gasteiger partial charge in [0.25, 0.3) is 0 Å². The van der Waals surface area contributed by atoms with E-state index in [0.717, 1.165) is 22.1 Å². The van der Waals surface area contributed by atoms with E-state index in [2.05, 4.69) is 0 Å². The van der Waals surface area contributed by atoms with E-state index in [1.54, 1.807) is 69.2 Å². The van der Waals surface area contributed by atoms with Crippen LogP contribution in [0, 0.1) is 0 Å². The lowest BCUT2D eigenvalue weighted by Crippen LogP contribution is -2.60. The van der Waals surface area contributed by atoms with Gasteiger partial charge in [-0.1, -0.05) is 48.5 Å². The van der Waals surface area contributed by atoms with Crippen molar-refractivity contribution < 1.29 is 38.1 Å². The maximum atomic E-state index is 13.5. The third kappa shape index (κ3) is 9.04. The minimum atomic E-state index is -0.729. The van der Waals surface area contributed by atoms with Crippen molar-refractivity contribution in [3.8, 4) is 11.5 Å². The van der Waals surface area contributed by atoms with Crippen molar-refractivity contribution in [1.82, 2.24) is 4.90 Å². The highest BCUT2D eigenvalue weighted by molar-refractivity contribution is 5.98. The van der Waals surface area contributed by atoms with E-state index in [0.29, 0.717) is 43.2 Å². The molecule has 0 aromatic heterocycles.